The van der Waals surface area contributed by atoms with E-state index in [4.69, 9.17) is 11.6 Å². The third-order valence-electron chi connectivity index (χ3n) is 2.42. The molecule has 0 fully saturated rings. The molecule has 1 N–H and O–H groups in total. The summed E-state index contributed by atoms with van der Waals surface area (Å²) in [6.07, 6.45) is -1.58. The highest BCUT2D eigenvalue weighted by molar-refractivity contribution is 6.31. The molecule has 0 unspecified atom stereocenters. The number of rotatable bonds is 3. The standard InChI is InChI=1S/C12H9ClF3N3/c13-10-11(18-6-5-17-10)19-7-8-3-1-2-4-9(8)12(14,15)16/h1-6H,7H2,(H,18,19). The van der Waals surface area contributed by atoms with E-state index in [2.05, 4.69) is 15.3 Å². The van der Waals surface area contributed by atoms with Crippen molar-refractivity contribution in [2.45, 2.75) is 12.7 Å². The predicted octanol–water partition coefficient (Wildman–Crippen LogP) is 3.76. The molecular formula is C12H9ClF3N3. The van der Waals surface area contributed by atoms with Crippen LogP contribution in [-0.2, 0) is 12.7 Å². The predicted molar refractivity (Wildman–Crippen MR) is 65.8 cm³/mol. The Balaban J connectivity index is 2.19. The maximum Gasteiger partial charge on any atom is 0.416 e. The molecule has 0 amide bonds. The number of aromatic nitrogens is 2. The SMILES string of the molecule is FC(F)(F)c1ccccc1CNc1nccnc1Cl. The van der Waals surface area contributed by atoms with Gasteiger partial charge in [0.2, 0.25) is 0 Å². The summed E-state index contributed by atoms with van der Waals surface area (Å²) in [7, 11) is 0. The van der Waals surface area contributed by atoms with Gasteiger partial charge in [0.15, 0.2) is 11.0 Å². The fourth-order valence-electron chi connectivity index (χ4n) is 1.57. The molecule has 0 aliphatic heterocycles. The van der Waals surface area contributed by atoms with Gasteiger partial charge in [0.25, 0.3) is 0 Å². The average Bonchev–Trinajstić information content (AvgIpc) is 2.37. The summed E-state index contributed by atoms with van der Waals surface area (Å²) >= 11 is 5.76. The van der Waals surface area contributed by atoms with E-state index in [0.29, 0.717) is 0 Å². The zero-order chi connectivity index (χ0) is 13.9. The second-order valence-corrected chi connectivity index (χ2v) is 4.06. The minimum atomic E-state index is -4.38. The Bertz CT molecular complexity index is 572. The van der Waals surface area contributed by atoms with Crippen molar-refractivity contribution in [1.82, 2.24) is 9.97 Å². The van der Waals surface area contributed by atoms with Crippen LogP contribution in [0.25, 0.3) is 0 Å². The smallest absolute Gasteiger partial charge is 0.363 e. The van der Waals surface area contributed by atoms with E-state index in [1.807, 2.05) is 0 Å². The van der Waals surface area contributed by atoms with Gasteiger partial charge in [-0.1, -0.05) is 29.8 Å². The maximum absolute atomic E-state index is 12.8. The van der Waals surface area contributed by atoms with Crippen molar-refractivity contribution >= 4 is 17.4 Å². The Kier molecular flexibility index (Phi) is 3.90. The molecule has 0 spiro atoms. The highest BCUT2D eigenvalue weighted by Crippen LogP contribution is 2.32. The van der Waals surface area contributed by atoms with Gasteiger partial charge in [-0.25, -0.2) is 9.97 Å². The topological polar surface area (TPSA) is 37.8 Å². The summed E-state index contributed by atoms with van der Waals surface area (Å²) in [5.74, 6) is 0.251. The van der Waals surface area contributed by atoms with Gasteiger partial charge in [0.05, 0.1) is 5.56 Å². The van der Waals surface area contributed by atoms with Crippen molar-refractivity contribution in [1.29, 1.82) is 0 Å². The molecule has 0 bridgehead atoms. The zero-order valence-corrected chi connectivity index (χ0v) is 10.3. The molecule has 0 radical (unpaired) electrons. The molecule has 1 heterocycles. The van der Waals surface area contributed by atoms with E-state index >= 15 is 0 Å². The molecule has 2 aromatic rings. The van der Waals surface area contributed by atoms with E-state index in [1.54, 1.807) is 6.07 Å². The maximum atomic E-state index is 12.8. The van der Waals surface area contributed by atoms with Crippen LogP contribution >= 0.6 is 11.6 Å². The summed E-state index contributed by atoms with van der Waals surface area (Å²) in [5, 5.41) is 2.85. The first kappa shape index (κ1) is 13.6. The molecular weight excluding hydrogens is 279 g/mol. The van der Waals surface area contributed by atoms with Crippen LogP contribution in [0.2, 0.25) is 5.15 Å². The number of hydrogen-bond acceptors (Lipinski definition) is 3. The van der Waals surface area contributed by atoms with Gasteiger partial charge in [-0.2, -0.15) is 13.2 Å². The Morgan fingerprint density at radius 1 is 1.11 bits per heavy atom. The average molecular weight is 288 g/mol. The zero-order valence-electron chi connectivity index (χ0n) is 9.58. The molecule has 100 valence electrons. The number of alkyl halides is 3. The molecule has 0 aliphatic rings. The minimum absolute atomic E-state index is 0.0336. The number of halogens is 4. The molecule has 2 rings (SSSR count). The molecule has 1 aromatic carbocycles. The summed E-state index contributed by atoms with van der Waals surface area (Å²) in [6, 6.07) is 5.33. The molecule has 3 nitrogen and oxygen atoms in total. The van der Waals surface area contributed by atoms with Gasteiger partial charge in [-0.15, -0.1) is 0 Å². The van der Waals surface area contributed by atoms with Gasteiger partial charge in [0, 0.05) is 18.9 Å². The Hall–Kier alpha value is -1.82. The molecule has 0 saturated carbocycles. The van der Waals surface area contributed by atoms with E-state index < -0.39 is 11.7 Å². The summed E-state index contributed by atoms with van der Waals surface area (Å²) < 4.78 is 38.3. The van der Waals surface area contributed by atoms with Gasteiger partial charge in [-0.05, 0) is 11.6 Å². The Labute approximate surface area is 112 Å². The lowest BCUT2D eigenvalue weighted by molar-refractivity contribution is -0.138. The van der Waals surface area contributed by atoms with Crippen LogP contribution in [0.3, 0.4) is 0 Å². The monoisotopic (exact) mass is 287 g/mol. The molecule has 19 heavy (non-hydrogen) atoms. The van der Waals surface area contributed by atoms with Crippen LogP contribution in [0.4, 0.5) is 19.0 Å². The van der Waals surface area contributed by atoms with E-state index in [9.17, 15) is 13.2 Å². The third kappa shape index (κ3) is 3.35. The van der Waals surface area contributed by atoms with Gasteiger partial charge in [0.1, 0.15) is 0 Å². The largest absolute Gasteiger partial charge is 0.416 e. The second-order valence-electron chi connectivity index (χ2n) is 3.70. The van der Waals surface area contributed by atoms with Crippen molar-refractivity contribution in [2.75, 3.05) is 5.32 Å². The van der Waals surface area contributed by atoms with Crippen molar-refractivity contribution in [2.24, 2.45) is 0 Å². The molecule has 1 aromatic heterocycles. The normalized spacial score (nSPS) is 11.4. The lowest BCUT2D eigenvalue weighted by Gasteiger charge is -2.13. The van der Waals surface area contributed by atoms with Crippen LogP contribution in [0, 0.1) is 0 Å². The summed E-state index contributed by atoms with van der Waals surface area (Å²) in [4.78, 5) is 7.68. The molecule has 0 atom stereocenters. The quantitative estimate of drug-likeness (QED) is 0.934. The summed E-state index contributed by atoms with van der Waals surface area (Å²) in [6.45, 7) is -0.0336. The first-order chi connectivity index (χ1) is 8.98. The van der Waals surface area contributed by atoms with E-state index in [-0.39, 0.29) is 23.1 Å². The Morgan fingerprint density at radius 3 is 2.47 bits per heavy atom. The van der Waals surface area contributed by atoms with Crippen LogP contribution in [0.1, 0.15) is 11.1 Å². The number of anilines is 1. The van der Waals surface area contributed by atoms with Crippen LogP contribution in [0.15, 0.2) is 36.7 Å². The van der Waals surface area contributed by atoms with Crippen molar-refractivity contribution in [3.05, 3.63) is 52.9 Å². The fraction of sp³-hybridized carbons (Fsp3) is 0.167. The highest BCUT2D eigenvalue weighted by Gasteiger charge is 2.32. The first-order valence-electron chi connectivity index (χ1n) is 5.34. The minimum Gasteiger partial charge on any atom is -0.363 e. The number of benzene rings is 1. The van der Waals surface area contributed by atoms with Crippen LogP contribution < -0.4 is 5.32 Å². The van der Waals surface area contributed by atoms with Crippen molar-refractivity contribution < 1.29 is 13.2 Å². The molecule has 0 aliphatic carbocycles. The fourth-order valence-corrected chi connectivity index (χ4v) is 1.74. The van der Waals surface area contributed by atoms with E-state index in [0.717, 1.165) is 6.07 Å². The second kappa shape index (κ2) is 5.44. The lowest BCUT2D eigenvalue weighted by Crippen LogP contribution is -2.12. The van der Waals surface area contributed by atoms with Gasteiger partial charge >= 0.3 is 6.18 Å². The lowest BCUT2D eigenvalue weighted by atomic mass is 10.1. The van der Waals surface area contributed by atoms with E-state index in [1.165, 1.54) is 24.5 Å². The van der Waals surface area contributed by atoms with Crippen molar-refractivity contribution in [3.8, 4) is 0 Å². The number of hydrogen-bond donors (Lipinski definition) is 1. The molecule has 0 saturated heterocycles. The van der Waals surface area contributed by atoms with Crippen LogP contribution in [-0.4, -0.2) is 9.97 Å². The highest BCUT2D eigenvalue weighted by atomic mass is 35.5. The Morgan fingerprint density at radius 2 is 1.79 bits per heavy atom. The van der Waals surface area contributed by atoms with Gasteiger partial charge in [-0.3, -0.25) is 0 Å². The van der Waals surface area contributed by atoms with Crippen molar-refractivity contribution in [3.63, 3.8) is 0 Å². The number of nitrogens with zero attached hydrogens (tertiary/aromatic N) is 2. The first-order valence-corrected chi connectivity index (χ1v) is 5.72. The van der Waals surface area contributed by atoms with Gasteiger partial charge < -0.3 is 5.32 Å². The third-order valence-corrected chi connectivity index (χ3v) is 2.70. The number of nitrogens with one attached hydrogen (secondary N) is 1. The molecule has 7 heteroatoms. The summed E-state index contributed by atoms with van der Waals surface area (Å²) in [5.41, 5.74) is -0.556. The van der Waals surface area contributed by atoms with Crippen LogP contribution in [0.5, 0.6) is 0 Å².